The van der Waals surface area contributed by atoms with Gasteiger partial charge in [-0.1, -0.05) is 37.0 Å². The lowest BCUT2D eigenvalue weighted by Gasteiger charge is -2.21. The maximum absolute atomic E-state index is 6.05. The molecule has 1 unspecified atom stereocenters. The van der Waals surface area contributed by atoms with Crippen molar-refractivity contribution in [2.75, 3.05) is 6.54 Å². The third-order valence-corrected chi connectivity index (χ3v) is 3.72. The maximum Gasteiger partial charge on any atom is 0.139 e. The van der Waals surface area contributed by atoms with Crippen LogP contribution in [0.1, 0.15) is 13.8 Å². The normalized spacial score (nSPS) is 12.9. The first-order valence-corrected chi connectivity index (χ1v) is 6.51. The van der Waals surface area contributed by atoms with Gasteiger partial charge < -0.3 is 10.5 Å². The van der Waals surface area contributed by atoms with Gasteiger partial charge in [0.05, 0.1) is 10.0 Å². The SMILES string of the molecule is CC(C)C(CN)Oc1cc(Cl)c(Br)cc1Cl. The van der Waals surface area contributed by atoms with Crippen LogP contribution in [0.4, 0.5) is 0 Å². The maximum atomic E-state index is 6.05. The highest BCUT2D eigenvalue weighted by molar-refractivity contribution is 9.10. The third-order valence-electron chi connectivity index (χ3n) is 2.23. The lowest BCUT2D eigenvalue weighted by atomic mass is 10.1. The molecule has 2 N–H and O–H groups in total. The molecule has 0 aliphatic heterocycles. The molecular weight excluding hydrogens is 313 g/mol. The molecule has 0 aliphatic carbocycles. The average molecular weight is 327 g/mol. The summed E-state index contributed by atoms with van der Waals surface area (Å²) in [6.07, 6.45) is -0.0604. The Labute approximate surface area is 114 Å². The zero-order valence-corrected chi connectivity index (χ0v) is 12.2. The lowest BCUT2D eigenvalue weighted by Crippen LogP contribution is -2.31. The highest BCUT2D eigenvalue weighted by atomic mass is 79.9. The van der Waals surface area contributed by atoms with E-state index in [-0.39, 0.29) is 6.10 Å². The van der Waals surface area contributed by atoms with Gasteiger partial charge in [0.1, 0.15) is 11.9 Å². The molecule has 0 aromatic heterocycles. The molecule has 1 rings (SSSR count). The Hall–Kier alpha value is 0.0400. The van der Waals surface area contributed by atoms with E-state index < -0.39 is 0 Å². The molecule has 0 heterocycles. The summed E-state index contributed by atoms with van der Waals surface area (Å²) < 4.78 is 6.48. The van der Waals surface area contributed by atoms with Gasteiger partial charge in [0.2, 0.25) is 0 Å². The van der Waals surface area contributed by atoms with Gasteiger partial charge in [-0.3, -0.25) is 0 Å². The molecule has 1 atom stereocenters. The Morgan fingerprint density at radius 1 is 1.31 bits per heavy atom. The van der Waals surface area contributed by atoms with E-state index >= 15 is 0 Å². The first-order chi connectivity index (χ1) is 7.45. The van der Waals surface area contributed by atoms with Crippen LogP contribution >= 0.6 is 39.1 Å². The van der Waals surface area contributed by atoms with E-state index in [9.17, 15) is 0 Å². The predicted molar refractivity (Wildman–Crippen MR) is 72.5 cm³/mol. The Balaban J connectivity index is 2.92. The van der Waals surface area contributed by atoms with Crippen LogP contribution in [0.5, 0.6) is 5.75 Å². The van der Waals surface area contributed by atoms with Crippen molar-refractivity contribution in [2.24, 2.45) is 11.7 Å². The fourth-order valence-electron chi connectivity index (χ4n) is 1.21. The van der Waals surface area contributed by atoms with Crippen molar-refractivity contribution in [3.63, 3.8) is 0 Å². The fourth-order valence-corrected chi connectivity index (χ4v) is 2.05. The molecule has 1 aromatic carbocycles. The highest BCUT2D eigenvalue weighted by Crippen LogP contribution is 2.34. The number of rotatable bonds is 4. The Morgan fingerprint density at radius 2 is 1.94 bits per heavy atom. The minimum absolute atomic E-state index is 0.0604. The minimum Gasteiger partial charge on any atom is -0.487 e. The molecule has 16 heavy (non-hydrogen) atoms. The summed E-state index contributed by atoms with van der Waals surface area (Å²) >= 11 is 15.3. The van der Waals surface area contributed by atoms with Gasteiger partial charge >= 0.3 is 0 Å². The van der Waals surface area contributed by atoms with Crippen molar-refractivity contribution < 1.29 is 4.74 Å². The fraction of sp³-hybridized carbons (Fsp3) is 0.455. The molecule has 0 spiro atoms. The number of benzene rings is 1. The van der Waals surface area contributed by atoms with Gasteiger partial charge in [0.25, 0.3) is 0 Å². The molecule has 1 aromatic rings. The van der Waals surface area contributed by atoms with Gasteiger partial charge in [-0.2, -0.15) is 0 Å². The summed E-state index contributed by atoms with van der Waals surface area (Å²) in [5.74, 6) is 0.891. The monoisotopic (exact) mass is 325 g/mol. The highest BCUT2D eigenvalue weighted by Gasteiger charge is 2.16. The summed E-state index contributed by atoms with van der Waals surface area (Å²) in [6, 6.07) is 3.41. The van der Waals surface area contributed by atoms with Crippen molar-refractivity contribution in [1.29, 1.82) is 0 Å². The number of hydrogen-bond acceptors (Lipinski definition) is 2. The Kier molecular flexibility index (Phi) is 5.38. The third kappa shape index (κ3) is 3.52. The van der Waals surface area contributed by atoms with E-state index in [4.69, 9.17) is 33.7 Å². The number of halogens is 3. The summed E-state index contributed by atoms with van der Waals surface area (Å²) in [5, 5.41) is 1.09. The topological polar surface area (TPSA) is 35.2 Å². The second-order valence-electron chi connectivity index (χ2n) is 3.83. The van der Waals surface area contributed by atoms with Crippen LogP contribution in [0, 0.1) is 5.92 Å². The first kappa shape index (κ1) is 14.1. The average Bonchev–Trinajstić information content (AvgIpc) is 2.21. The summed E-state index contributed by atoms with van der Waals surface area (Å²) in [4.78, 5) is 0. The summed E-state index contributed by atoms with van der Waals surface area (Å²) in [5.41, 5.74) is 5.63. The lowest BCUT2D eigenvalue weighted by molar-refractivity contribution is 0.159. The number of ether oxygens (including phenoxy) is 1. The molecular formula is C11H14BrCl2NO. The molecule has 0 fully saturated rings. The van der Waals surface area contributed by atoms with Crippen LogP contribution in [0.25, 0.3) is 0 Å². The van der Waals surface area contributed by atoms with E-state index in [0.29, 0.717) is 28.3 Å². The van der Waals surface area contributed by atoms with Crippen molar-refractivity contribution in [3.8, 4) is 5.75 Å². The van der Waals surface area contributed by atoms with E-state index in [0.717, 1.165) is 4.47 Å². The van der Waals surface area contributed by atoms with Crippen molar-refractivity contribution >= 4 is 39.1 Å². The standard InChI is InChI=1S/C11H14BrCl2NO/c1-6(2)11(5-15)16-10-4-8(13)7(12)3-9(10)14/h3-4,6,11H,5,15H2,1-2H3. The second kappa shape index (κ2) is 6.10. The smallest absolute Gasteiger partial charge is 0.139 e. The summed E-state index contributed by atoms with van der Waals surface area (Å²) in [6.45, 7) is 4.54. The van der Waals surface area contributed by atoms with Gasteiger partial charge in [-0.15, -0.1) is 0 Å². The molecule has 0 saturated heterocycles. The van der Waals surface area contributed by atoms with Gasteiger partial charge in [-0.05, 0) is 27.9 Å². The largest absolute Gasteiger partial charge is 0.487 e. The number of hydrogen-bond donors (Lipinski definition) is 1. The van der Waals surface area contributed by atoms with Crippen LogP contribution in [0.2, 0.25) is 10.0 Å². The molecule has 0 aliphatic rings. The van der Waals surface area contributed by atoms with Gasteiger partial charge in [0, 0.05) is 17.1 Å². The molecule has 0 radical (unpaired) electrons. The van der Waals surface area contributed by atoms with Crippen molar-refractivity contribution in [2.45, 2.75) is 20.0 Å². The molecule has 0 amide bonds. The molecule has 0 bridgehead atoms. The molecule has 2 nitrogen and oxygen atoms in total. The Bertz CT molecular complexity index is 371. The van der Waals surface area contributed by atoms with Gasteiger partial charge in [-0.25, -0.2) is 0 Å². The quantitative estimate of drug-likeness (QED) is 0.845. The Morgan fingerprint density at radius 3 is 2.44 bits per heavy atom. The van der Waals surface area contributed by atoms with Gasteiger partial charge in [0.15, 0.2) is 0 Å². The molecule has 5 heteroatoms. The predicted octanol–water partition coefficient (Wildman–Crippen LogP) is 4.12. The van der Waals surface area contributed by atoms with Crippen LogP contribution in [-0.4, -0.2) is 12.6 Å². The van der Waals surface area contributed by atoms with Crippen LogP contribution in [-0.2, 0) is 0 Å². The van der Waals surface area contributed by atoms with Crippen LogP contribution in [0.3, 0.4) is 0 Å². The van der Waals surface area contributed by atoms with E-state index in [2.05, 4.69) is 15.9 Å². The number of nitrogens with two attached hydrogens (primary N) is 1. The zero-order valence-electron chi connectivity index (χ0n) is 9.14. The first-order valence-electron chi connectivity index (χ1n) is 4.97. The van der Waals surface area contributed by atoms with Crippen LogP contribution < -0.4 is 10.5 Å². The van der Waals surface area contributed by atoms with Crippen molar-refractivity contribution in [3.05, 3.63) is 26.7 Å². The van der Waals surface area contributed by atoms with E-state index in [1.54, 1.807) is 12.1 Å². The van der Waals surface area contributed by atoms with E-state index in [1.165, 1.54) is 0 Å². The molecule has 90 valence electrons. The second-order valence-corrected chi connectivity index (χ2v) is 5.50. The minimum atomic E-state index is -0.0604. The van der Waals surface area contributed by atoms with Crippen LogP contribution in [0.15, 0.2) is 16.6 Å². The summed E-state index contributed by atoms with van der Waals surface area (Å²) in [7, 11) is 0. The van der Waals surface area contributed by atoms with E-state index in [1.807, 2.05) is 13.8 Å². The van der Waals surface area contributed by atoms with Crippen molar-refractivity contribution in [1.82, 2.24) is 0 Å². The molecule has 0 saturated carbocycles. The zero-order chi connectivity index (χ0) is 12.3.